The first kappa shape index (κ1) is 19.9. The van der Waals surface area contributed by atoms with Crippen molar-refractivity contribution in [1.29, 1.82) is 0 Å². The standard InChI is InChI=1S/C20H20N4O5/c1-21-17-7-6-14(24(27)28)10-16(17)20(26)29-12-19(25)22-9-8-13-11-23-18-5-3-2-4-15(13)18/h2-7,10-11,21,23H,8-9,12H2,1H3,(H,22,25). The van der Waals surface area contributed by atoms with Gasteiger partial charge in [0, 0.05) is 48.5 Å². The molecule has 3 aromatic rings. The predicted molar refractivity (Wildman–Crippen MR) is 108 cm³/mol. The number of hydrogen-bond acceptors (Lipinski definition) is 6. The number of nitrogens with zero attached hydrogens (tertiary/aromatic N) is 1. The Kier molecular flexibility index (Phi) is 6.08. The molecule has 0 aliphatic heterocycles. The van der Waals surface area contributed by atoms with Crippen LogP contribution in [0.15, 0.2) is 48.7 Å². The number of H-pyrrole nitrogens is 1. The molecule has 0 atom stereocenters. The van der Waals surface area contributed by atoms with Gasteiger partial charge in [0.1, 0.15) is 0 Å². The fourth-order valence-corrected chi connectivity index (χ4v) is 2.97. The minimum absolute atomic E-state index is 0.00621. The number of non-ortho nitro benzene ring substituents is 1. The van der Waals surface area contributed by atoms with Gasteiger partial charge in [-0.05, 0) is 24.1 Å². The molecular formula is C20H20N4O5. The molecule has 1 aromatic heterocycles. The lowest BCUT2D eigenvalue weighted by Gasteiger charge is -2.09. The van der Waals surface area contributed by atoms with Crippen LogP contribution < -0.4 is 10.6 Å². The Morgan fingerprint density at radius 3 is 2.76 bits per heavy atom. The van der Waals surface area contributed by atoms with Gasteiger partial charge in [-0.25, -0.2) is 4.79 Å². The number of aromatic amines is 1. The zero-order valence-electron chi connectivity index (χ0n) is 15.7. The van der Waals surface area contributed by atoms with Gasteiger partial charge in [-0.15, -0.1) is 0 Å². The van der Waals surface area contributed by atoms with E-state index in [9.17, 15) is 19.7 Å². The Labute approximate surface area is 166 Å². The Morgan fingerprint density at radius 1 is 1.21 bits per heavy atom. The Morgan fingerprint density at radius 2 is 2.00 bits per heavy atom. The Hall–Kier alpha value is -3.88. The van der Waals surface area contributed by atoms with E-state index in [0.717, 1.165) is 22.5 Å². The van der Waals surface area contributed by atoms with Crippen molar-refractivity contribution in [2.45, 2.75) is 6.42 Å². The largest absolute Gasteiger partial charge is 0.452 e. The molecule has 2 aromatic carbocycles. The number of nitro groups is 1. The smallest absolute Gasteiger partial charge is 0.341 e. The fraction of sp³-hybridized carbons (Fsp3) is 0.200. The number of ether oxygens (including phenoxy) is 1. The number of para-hydroxylation sites is 1. The van der Waals surface area contributed by atoms with Crippen LogP contribution in [0.2, 0.25) is 0 Å². The second-order valence-corrected chi connectivity index (χ2v) is 6.27. The maximum absolute atomic E-state index is 12.2. The van der Waals surface area contributed by atoms with E-state index in [4.69, 9.17) is 4.74 Å². The van der Waals surface area contributed by atoms with Crippen LogP contribution in [0, 0.1) is 10.1 Å². The number of rotatable bonds is 8. The third-order valence-corrected chi connectivity index (χ3v) is 4.43. The highest BCUT2D eigenvalue weighted by Crippen LogP contribution is 2.22. The molecule has 9 heteroatoms. The number of hydrogen-bond donors (Lipinski definition) is 3. The van der Waals surface area contributed by atoms with Gasteiger partial charge in [-0.1, -0.05) is 18.2 Å². The first-order chi connectivity index (χ1) is 14.0. The molecule has 3 rings (SSSR count). The van der Waals surface area contributed by atoms with Crippen LogP contribution in [0.25, 0.3) is 10.9 Å². The maximum Gasteiger partial charge on any atom is 0.341 e. The molecule has 29 heavy (non-hydrogen) atoms. The topological polar surface area (TPSA) is 126 Å². The van der Waals surface area contributed by atoms with Gasteiger partial charge < -0.3 is 20.4 Å². The van der Waals surface area contributed by atoms with E-state index in [-0.39, 0.29) is 11.3 Å². The highest BCUT2D eigenvalue weighted by Gasteiger charge is 2.18. The number of esters is 1. The monoisotopic (exact) mass is 396 g/mol. The van der Waals surface area contributed by atoms with Crippen molar-refractivity contribution >= 4 is 34.2 Å². The van der Waals surface area contributed by atoms with Crippen LogP contribution in [0.5, 0.6) is 0 Å². The molecule has 0 saturated heterocycles. The normalized spacial score (nSPS) is 10.5. The van der Waals surface area contributed by atoms with Crippen LogP contribution >= 0.6 is 0 Å². The first-order valence-electron chi connectivity index (χ1n) is 8.94. The van der Waals surface area contributed by atoms with E-state index >= 15 is 0 Å². The average Bonchev–Trinajstić information content (AvgIpc) is 3.14. The summed E-state index contributed by atoms with van der Waals surface area (Å²) in [4.78, 5) is 37.7. The van der Waals surface area contributed by atoms with Gasteiger partial charge in [-0.2, -0.15) is 0 Å². The zero-order valence-corrected chi connectivity index (χ0v) is 15.7. The van der Waals surface area contributed by atoms with Gasteiger partial charge in [0.2, 0.25) is 0 Å². The molecule has 0 spiro atoms. The van der Waals surface area contributed by atoms with E-state index in [2.05, 4.69) is 15.6 Å². The average molecular weight is 396 g/mol. The third-order valence-electron chi connectivity index (χ3n) is 4.43. The van der Waals surface area contributed by atoms with E-state index in [1.54, 1.807) is 7.05 Å². The molecule has 0 bridgehead atoms. The number of anilines is 1. The summed E-state index contributed by atoms with van der Waals surface area (Å²) in [5.74, 6) is -1.26. The van der Waals surface area contributed by atoms with E-state index < -0.39 is 23.4 Å². The quantitative estimate of drug-likeness (QED) is 0.305. The van der Waals surface area contributed by atoms with Gasteiger partial charge >= 0.3 is 5.97 Å². The van der Waals surface area contributed by atoms with Crippen molar-refractivity contribution < 1.29 is 19.2 Å². The summed E-state index contributed by atoms with van der Waals surface area (Å²) in [5.41, 5.74) is 2.24. The van der Waals surface area contributed by atoms with E-state index in [1.807, 2.05) is 30.5 Å². The van der Waals surface area contributed by atoms with Gasteiger partial charge in [-0.3, -0.25) is 14.9 Å². The number of carbonyl (C=O) groups is 2. The number of fused-ring (bicyclic) bond motifs is 1. The number of nitro benzene ring substituents is 1. The molecule has 0 aliphatic carbocycles. The molecule has 150 valence electrons. The molecular weight excluding hydrogens is 376 g/mol. The number of benzene rings is 2. The molecule has 0 unspecified atom stereocenters. The minimum Gasteiger partial charge on any atom is -0.452 e. The zero-order chi connectivity index (χ0) is 20.8. The van der Waals surface area contributed by atoms with Crippen molar-refractivity contribution in [2.75, 3.05) is 25.5 Å². The van der Waals surface area contributed by atoms with Crippen LogP contribution in [0.1, 0.15) is 15.9 Å². The molecule has 0 saturated carbocycles. The Bertz CT molecular complexity index is 1060. The number of carbonyl (C=O) groups excluding carboxylic acids is 2. The fourth-order valence-electron chi connectivity index (χ4n) is 2.97. The highest BCUT2D eigenvalue weighted by atomic mass is 16.6. The Balaban J connectivity index is 1.52. The van der Waals surface area contributed by atoms with Crippen molar-refractivity contribution in [1.82, 2.24) is 10.3 Å². The minimum atomic E-state index is -0.815. The lowest BCUT2D eigenvalue weighted by molar-refractivity contribution is -0.384. The molecule has 9 nitrogen and oxygen atoms in total. The van der Waals surface area contributed by atoms with Crippen LogP contribution in [0.3, 0.4) is 0 Å². The summed E-state index contributed by atoms with van der Waals surface area (Å²) < 4.78 is 5.01. The van der Waals surface area contributed by atoms with Crippen LogP contribution in [-0.2, 0) is 16.0 Å². The number of nitrogens with one attached hydrogen (secondary N) is 3. The molecule has 0 fully saturated rings. The van der Waals surface area contributed by atoms with Crippen LogP contribution in [0.4, 0.5) is 11.4 Å². The molecule has 0 aliphatic rings. The maximum atomic E-state index is 12.2. The SMILES string of the molecule is CNc1ccc([N+](=O)[O-])cc1C(=O)OCC(=O)NCCc1c[nH]c2ccccc12. The summed E-state index contributed by atoms with van der Waals surface area (Å²) in [7, 11) is 1.58. The lowest BCUT2D eigenvalue weighted by atomic mass is 10.1. The van der Waals surface area contributed by atoms with Crippen molar-refractivity contribution in [3.63, 3.8) is 0 Å². The number of amides is 1. The van der Waals surface area contributed by atoms with Crippen molar-refractivity contribution in [3.05, 3.63) is 69.9 Å². The van der Waals surface area contributed by atoms with Gasteiger partial charge in [0.25, 0.3) is 11.6 Å². The van der Waals surface area contributed by atoms with Crippen molar-refractivity contribution in [2.24, 2.45) is 0 Å². The second kappa shape index (κ2) is 8.87. The van der Waals surface area contributed by atoms with Gasteiger partial charge in [0.05, 0.1) is 10.5 Å². The van der Waals surface area contributed by atoms with Gasteiger partial charge in [0.15, 0.2) is 6.61 Å². The molecule has 3 N–H and O–H groups in total. The summed E-state index contributed by atoms with van der Waals surface area (Å²) in [5, 5.41) is 17.5. The van der Waals surface area contributed by atoms with E-state index in [0.29, 0.717) is 18.7 Å². The second-order valence-electron chi connectivity index (χ2n) is 6.27. The number of aromatic nitrogens is 1. The predicted octanol–water partition coefficient (Wildman–Crippen LogP) is 2.63. The summed E-state index contributed by atoms with van der Waals surface area (Å²) in [6.45, 7) is -0.0879. The molecule has 1 heterocycles. The highest BCUT2D eigenvalue weighted by molar-refractivity contribution is 5.97. The van der Waals surface area contributed by atoms with Crippen molar-refractivity contribution in [3.8, 4) is 0 Å². The lowest BCUT2D eigenvalue weighted by Crippen LogP contribution is -2.30. The first-order valence-corrected chi connectivity index (χ1v) is 8.94. The summed E-state index contributed by atoms with van der Waals surface area (Å²) >= 11 is 0. The summed E-state index contributed by atoms with van der Waals surface area (Å²) in [6, 6.07) is 11.7. The molecule has 0 radical (unpaired) electrons. The molecule has 1 amide bonds. The summed E-state index contributed by atoms with van der Waals surface area (Å²) in [6.07, 6.45) is 2.52. The third kappa shape index (κ3) is 4.70. The van der Waals surface area contributed by atoms with Crippen LogP contribution in [-0.4, -0.2) is 42.0 Å². The van der Waals surface area contributed by atoms with E-state index in [1.165, 1.54) is 12.1 Å².